The molecule has 4 rings (SSSR count). The predicted octanol–water partition coefficient (Wildman–Crippen LogP) is 4.24. The fourth-order valence-electron chi connectivity index (χ4n) is 5.11. The summed E-state index contributed by atoms with van der Waals surface area (Å²) in [7, 11) is 0. The minimum absolute atomic E-state index is 0.0377. The summed E-state index contributed by atoms with van der Waals surface area (Å²) in [6.07, 6.45) is 7.02. The van der Waals surface area contributed by atoms with Crippen LogP contribution in [0.5, 0.6) is 0 Å². The minimum atomic E-state index is -0.190. The molecule has 4 heteroatoms. The number of likely N-dealkylation sites (tertiary alicyclic amines) is 1. The van der Waals surface area contributed by atoms with Gasteiger partial charge in [-0.3, -0.25) is 14.4 Å². The Morgan fingerprint density at radius 2 is 1.57 bits per heavy atom. The maximum absolute atomic E-state index is 13.2. The van der Waals surface area contributed by atoms with E-state index in [2.05, 4.69) is 4.90 Å². The molecule has 0 bridgehead atoms. The largest absolute Gasteiger partial charge is 0.303 e. The van der Waals surface area contributed by atoms with E-state index in [-0.39, 0.29) is 35.6 Å². The number of nitrogens with zero attached hydrogens (tertiary/aromatic N) is 1. The first-order chi connectivity index (χ1) is 13.6. The van der Waals surface area contributed by atoms with Gasteiger partial charge in [-0.2, -0.15) is 0 Å². The molecule has 0 aromatic heterocycles. The fraction of sp³-hybridized carbons (Fsp3) is 0.542. The van der Waals surface area contributed by atoms with Crippen molar-refractivity contribution < 1.29 is 14.4 Å². The van der Waals surface area contributed by atoms with Crippen molar-refractivity contribution in [1.82, 2.24) is 4.90 Å². The number of Topliss-reactive ketones (excluding diaryl/α,β-unsaturated/α-hetero) is 3. The van der Waals surface area contributed by atoms with Crippen LogP contribution < -0.4 is 0 Å². The van der Waals surface area contributed by atoms with E-state index in [0.717, 1.165) is 32.5 Å². The van der Waals surface area contributed by atoms with Gasteiger partial charge in [0.25, 0.3) is 0 Å². The summed E-state index contributed by atoms with van der Waals surface area (Å²) < 4.78 is 0. The number of hydrogen-bond donors (Lipinski definition) is 0. The number of rotatable bonds is 4. The van der Waals surface area contributed by atoms with Crippen molar-refractivity contribution >= 4 is 17.3 Å². The van der Waals surface area contributed by atoms with Gasteiger partial charge < -0.3 is 4.90 Å². The van der Waals surface area contributed by atoms with Crippen LogP contribution in [0.2, 0.25) is 0 Å². The average molecular weight is 380 g/mol. The Hall–Kier alpha value is -2.07. The van der Waals surface area contributed by atoms with Crippen molar-refractivity contribution in [3.63, 3.8) is 0 Å². The third-order valence-electron chi connectivity index (χ3n) is 6.78. The van der Waals surface area contributed by atoms with Crippen molar-refractivity contribution in [2.24, 2.45) is 11.8 Å². The number of carbonyl (C=O) groups is 3. The van der Waals surface area contributed by atoms with Crippen LogP contribution in [0.15, 0.2) is 35.4 Å². The molecule has 28 heavy (non-hydrogen) atoms. The van der Waals surface area contributed by atoms with Gasteiger partial charge in [-0.1, -0.05) is 44.0 Å². The normalized spacial score (nSPS) is 26.1. The van der Waals surface area contributed by atoms with Crippen molar-refractivity contribution in [2.45, 2.75) is 51.9 Å². The molecule has 4 nitrogen and oxygen atoms in total. The van der Waals surface area contributed by atoms with E-state index in [9.17, 15) is 14.4 Å². The Labute approximate surface area is 167 Å². The Morgan fingerprint density at radius 3 is 2.25 bits per heavy atom. The van der Waals surface area contributed by atoms with Crippen molar-refractivity contribution in [3.05, 3.63) is 46.5 Å². The van der Waals surface area contributed by atoms with Crippen LogP contribution >= 0.6 is 0 Å². The van der Waals surface area contributed by atoms with Crippen LogP contribution in [-0.4, -0.2) is 41.9 Å². The Bertz CT molecular complexity index is 830. The lowest BCUT2D eigenvalue weighted by atomic mass is 9.67. The zero-order valence-corrected chi connectivity index (χ0v) is 16.7. The van der Waals surface area contributed by atoms with Crippen LogP contribution in [0.4, 0.5) is 0 Å². The van der Waals surface area contributed by atoms with Crippen LogP contribution in [0.3, 0.4) is 0 Å². The molecule has 2 atom stereocenters. The van der Waals surface area contributed by atoms with E-state index in [4.69, 9.17) is 0 Å². The van der Waals surface area contributed by atoms with Crippen LogP contribution in [0.25, 0.3) is 0 Å². The van der Waals surface area contributed by atoms with E-state index >= 15 is 0 Å². The van der Waals surface area contributed by atoms with Crippen LogP contribution in [-0.2, 0) is 4.79 Å². The SMILES string of the molecule is CC1C(=O)CC2=C(C(=O)c3ccccc3C2=O)C1CCCN1CCCCCC1. The first kappa shape index (κ1) is 19.3. The molecule has 1 aromatic carbocycles. The molecule has 148 valence electrons. The highest BCUT2D eigenvalue weighted by Crippen LogP contribution is 2.41. The number of fused-ring (bicyclic) bond motifs is 1. The average Bonchev–Trinajstić information content (AvgIpc) is 2.98. The first-order valence-electron chi connectivity index (χ1n) is 10.7. The molecule has 0 radical (unpaired) electrons. The van der Waals surface area contributed by atoms with Gasteiger partial charge in [0.15, 0.2) is 11.6 Å². The number of benzene rings is 1. The van der Waals surface area contributed by atoms with Crippen molar-refractivity contribution in [2.75, 3.05) is 19.6 Å². The zero-order valence-electron chi connectivity index (χ0n) is 16.7. The number of carbonyl (C=O) groups excluding carboxylic acids is 3. The summed E-state index contributed by atoms with van der Waals surface area (Å²) in [6.45, 7) is 5.25. The van der Waals surface area contributed by atoms with Gasteiger partial charge in [0.1, 0.15) is 5.78 Å². The summed E-state index contributed by atoms with van der Waals surface area (Å²) in [5.41, 5.74) is 2.06. The fourth-order valence-corrected chi connectivity index (χ4v) is 5.11. The summed E-state index contributed by atoms with van der Waals surface area (Å²) in [4.78, 5) is 41.4. The summed E-state index contributed by atoms with van der Waals surface area (Å²) in [5.74, 6) is -0.385. The second-order valence-corrected chi connectivity index (χ2v) is 8.53. The highest BCUT2D eigenvalue weighted by Gasteiger charge is 2.43. The van der Waals surface area contributed by atoms with Gasteiger partial charge >= 0.3 is 0 Å². The molecule has 1 fully saturated rings. The third kappa shape index (κ3) is 3.50. The van der Waals surface area contributed by atoms with Crippen LogP contribution in [0, 0.1) is 11.8 Å². The number of ketones is 3. The molecule has 2 unspecified atom stereocenters. The number of allylic oxidation sites excluding steroid dienone is 2. The Morgan fingerprint density at radius 1 is 0.929 bits per heavy atom. The predicted molar refractivity (Wildman–Crippen MR) is 109 cm³/mol. The van der Waals surface area contributed by atoms with Gasteiger partial charge in [-0.15, -0.1) is 0 Å². The monoisotopic (exact) mass is 379 g/mol. The molecule has 0 spiro atoms. The summed E-state index contributed by atoms with van der Waals surface area (Å²) >= 11 is 0. The van der Waals surface area contributed by atoms with E-state index in [0.29, 0.717) is 22.3 Å². The second kappa shape index (κ2) is 8.12. The summed E-state index contributed by atoms with van der Waals surface area (Å²) in [6, 6.07) is 7.04. The Balaban J connectivity index is 1.56. The van der Waals surface area contributed by atoms with Gasteiger partial charge in [-0.25, -0.2) is 0 Å². The molecule has 1 saturated heterocycles. The summed E-state index contributed by atoms with van der Waals surface area (Å²) in [5, 5.41) is 0. The maximum atomic E-state index is 13.2. The van der Waals surface area contributed by atoms with Gasteiger partial charge in [0, 0.05) is 34.6 Å². The zero-order chi connectivity index (χ0) is 19.7. The molecule has 0 N–H and O–H groups in total. The highest BCUT2D eigenvalue weighted by molar-refractivity contribution is 6.28. The maximum Gasteiger partial charge on any atom is 0.190 e. The number of hydrogen-bond acceptors (Lipinski definition) is 4. The minimum Gasteiger partial charge on any atom is -0.303 e. The topological polar surface area (TPSA) is 54.5 Å². The molecule has 3 aliphatic rings. The smallest absolute Gasteiger partial charge is 0.190 e. The van der Waals surface area contributed by atoms with Crippen molar-refractivity contribution in [1.29, 1.82) is 0 Å². The van der Waals surface area contributed by atoms with E-state index < -0.39 is 0 Å². The molecule has 1 aliphatic heterocycles. The molecule has 2 aliphatic carbocycles. The highest BCUT2D eigenvalue weighted by atomic mass is 16.1. The van der Waals surface area contributed by atoms with Gasteiger partial charge in [0.05, 0.1) is 0 Å². The second-order valence-electron chi connectivity index (χ2n) is 8.53. The lowest BCUT2D eigenvalue weighted by Gasteiger charge is -2.34. The van der Waals surface area contributed by atoms with Gasteiger partial charge in [0.2, 0.25) is 0 Å². The first-order valence-corrected chi connectivity index (χ1v) is 10.7. The molecular weight excluding hydrogens is 350 g/mol. The standard InChI is InChI=1S/C24H29NO3/c1-16-17(11-8-14-25-12-6-2-3-7-13-25)22-20(15-21(16)26)23(27)18-9-4-5-10-19(18)24(22)28/h4-5,9-10,16-17H,2-3,6-8,11-15H2,1H3. The molecule has 1 aromatic rings. The Kier molecular flexibility index (Phi) is 5.58. The third-order valence-corrected chi connectivity index (χ3v) is 6.78. The van der Waals surface area contributed by atoms with E-state index in [1.165, 1.54) is 25.7 Å². The molecule has 0 amide bonds. The molecule has 0 saturated carbocycles. The molecular formula is C24H29NO3. The lowest BCUT2D eigenvalue weighted by Crippen LogP contribution is -2.37. The van der Waals surface area contributed by atoms with E-state index in [1.807, 2.05) is 6.92 Å². The van der Waals surface area contributed by atoms with Crippen LogP contribution in [0.1, 0.15) is 72.6 Å². The van der Waals surface area contributed by atoms with Gasteiger partial charge in [-0.05, 0) is 51.2 Å². The van der Waals surface area contributed by atoms with E-state index in [1.54, 1.807) is 24.3 Å². The van der Waals surface area contributed by atoms with Crippen molar-refractivity contribution in [3.8, 4) is 0 Å². The quantitative estimate of drug-likeness (QED) is 0.785. The molecule has 1 heterocycles. The lowest BCUT2D eigenvalue weighted by molar-refractivity contribution is -0.123.